The molecule has 0 atom stereocenters. The molecule has 2 aromatic rings. The summed E-state index contributed by atoms with van der Waals surface area (Å²) in [6.45, 7) is 3.75. The van der Waals surface area contributed by atoms with Crippen molar-refractivity contribution < 1.29 is 14.3 Å². The first-order valence-corrected chi connectivity index (χ1v) is 8.60. The Hall–Kier alpha value is -2.80. The molecule has 0 spiro atoms. The van der Waals surface area contributed by atoms with Crippen LogP contribution in [0.3, 0.4) is 0 Å². The van der Waals surface area contributed by atoms with Crippen LogP contribution in [-0.4, -0.2) is 62.7 Å². The number of rotatable bonds is 6. The number of anilines is 2. The first kappa shape index (κ1) is 18.0. The predicted molar refractivity (Wildman–Crippen MR) is 101 cm³/mol. The van der Waals surface area contributed by atoms with E-state index in [9.17, 15) is 4.79 Å². The number of benzene rings is 1. The molecule has 2 heterocycles. The van der Waals surface area contributed by atoms with Crippen LogP contribution in [-0.2, 0) is 4.79 Å². The lowest BCUT2D eigenvalue weighted by Crippen LogP contribution is -2.48. The average Bonchev–Trinajstić information content (AvgIpc) is 2.69. The molecule has 0 aliphatic carbocycles. The summed E-state index contributed by atoms with van der Waals surface area (Å²) in [6, 6.07) is 11.3. The number of piperazine rings is 1. The van der Waals surface area contributed by atoms with E-state index in [1.807, 2.05) is 18.2 Å². The highest BCUT2D eigenvalue weighted by Gasteiger charge is 2.20. The quantitative estimate of drug-likeness (QED) is 0.852. The van der Waals surface area contributed by atoms with Crippen molar-refractivity contribution in [2.45, 2.75) is 0 Å². The van der Waals surface area contributed by atoms with Gasteiger partial charge >= 0.3 is 0 Å². The van der Waals surface area contributed by atoms with Crippen LogP contribution in [0.25, 0.3) is 0 Å². The van der Waals surface area contributed by atoms with Crippen molar-refractivity contribution in [1.29, 1.82) is 0 Å². The molecular weight excluding hydrogens is 332 g/mol. The summed E-state index contributed by atoms with van der Waals surface area (Å²) < 4.78 is 10.5. The van der Waals surface area contributed by atoms with Crippen LogP contribution in [0.15, 0.2) is 42.6 Å². The number of hydrogen-bond acceptors (Lipinski definition) is 6. The lowest BCUT2D eigenvalue weighted by atomic mass is 10.2. The van der Waals surface area contributed by atoms with Gasteiger partial charge in [-0.2, -0.15) is 0 Å². The molecule has 1 N–H and O–H groups in total. The summed E-state index contributed by atoms with van der Waals surface area (Å²) in [5.74, 6) is 2.18. The summed E-state index contributed by atoms with van der Waals surface area (Å²) in [7, 11) is 3.16. The van der Waals surface area contributed by atoms with E-state index in [-0.39, 0.29) is 5.91 Å². The Balaban J connectivity index is 1.50. The molecule has 138 valence electrons. The van der Waals surface area contributed by atoms with Gasteiger partial charge in [0.05, 0.1) is 20.8 Å². The van der Waals surface area contributed by atoms with Gasteiger partial charge in [0.25, 0.3) is 0 Å². The number of nitrogens with zero attached hydrogens (tertiary/aromatic N) is 3. The largest absolute Gasteiger partial charge is 0.493 e. The fraction of sp³-hybridized carbons (Fsp3) is 0.368. The van der Waals surface area contributed by atoms with Gasteiger partial charge in [-0.1, -0.05) is 6.07 Å². The minimum absolute atomic E-state index is 0.0384. The molecule has 0 radical (unpaired) electrons. The van der Waals surface area contributed by atoms with Crippen LogP contribution in [0.2, 0.25) is 0 Å². The fourth-order valence-electron chi connectivity index (χ4n) is 2.99. The first-order valence-electron chi connectivity index (χ1n) is 8.60. The summed E-state index contributed by atoms with van der Waals surface area (Å²) >= 11 is 0. The molecule has 0 bridgehead atoms. The molecule has 1 aliphatic rings. The number of carbonyl (C=O) groups excluding carboxylic acids is 1. The van der Waals surface area contributed by atoms with Gasteiger partial charge in [-0.3, -0.25) is 9.69 Å². The molecule has 0 unspecified atom stereocenters. The Kier molecular flexibility index (Phi) is 5.91. The minimum atomic E-state index is -0.0384. The van der Waals surface area contributed by atoms with Gasteiger partial charge in [0.2, 0.25) is 5.91 Å². The first-order chi connectivity index (χ1) is 12.7. The van der Waals surface area contributed by atoms with Crippen molar-refractivity contribution in [2.75, 3.05) is 57.2 Å². The summed E-state index contributed by atoms with van der Waals surface area (Å²) in [5, 5.41) is 2.92. The van der Waals surface area contributed by atoms with Crippen molar-refractivity contribution in [3.63, 3.8) is 0 Å². The van der Waals surface area contributed by atoms with Crippen molar-refractivity contribution in [3.05, 3.63) is 42.6 Å². The molecule has 26 heavy (non-hydrogen) atoms. The maximum Gasteiger partial charge on any atom is 0.238 e. The number of nitrogens with one attached hydrogen (secondary N) is 1. The third-order valence-corrected chi connectivity index (χ3v) is 4.38. The maximum absolute atomic E-state index is 12.3. The molecule has 0 saturated carbocycles. The van der Waals surface area contributed by atoms with Gasteiger partial charge in [-0.15, -0.1) is 0 Å². The second-order valence-corrected chi connectivity index (χ2v) is 6.07. The average molecular weight is 356 g/mol. The molecule has 7 heteroatoms. The molecule has 1 aliphatic heterocycles. The topological polar surface area (TPSA) is 66.9 Å². The zero-order valence-electron chi connectivity index (χ0n) is 15.1. The molecular formula is C19H24N4O3. The van der Waals surface area contributed by atoms with E-state index in [4.69, 9.17) is 9.47 Å². The Morgan fingerprint density at radius 2 is 1.85 bits per heavy atom. The van der Waals surface area contributed by atoms with E-state index in [0.717, 1.165) is 32.0 Å². The fourth-order valence-corrected chi connectivity index (χ4v) is 2.99. The Bertz CT molecular complexity index is 731. The number of hydrogen-bond donors (Lipinski definition) is 1. The van der Waals surface area contributed by atoms with E-state index in [2.05, 4.69) is 20.1 Å². The highest BCUT2D eigenvalue weighted by atomic mass is 16.5. The monoisotopic (exact) mass is 356 g/mol. The van der Waals surface area contributed by atoms with Gasteiger partial charge in [-0.05, 0) is 24.3 Å². The van der Waals surface area contributed by atoms with Crippen LogP contribution in [0.4, 0.5) is 11.5 Å². The Labute approximate surface area is 153 Å². The van der Waals surface area contributed by atoms with E-state index in [1.165, 1.54) is 0 Å². The highest BCUT2D eigenvalue weighted by Crippen LogP contribution is 2.29. The number of amides is 1. The second kappa shape index (κ2) is 8.53. The van der Waals surface area contributed by atoms with Crippen molar-refractivity contribution in [2.24, 2.45) is 0 Å². The molecule has 1 amide bonds. The summed E-state index contributed by atoms with van der Waals surface area (Å²) in [4.78, 5) is 21.1. The standard InChI is InChI=1S/C19H24N4O3/c1-25-16-7-6-15(13-17(16)26-2)21-19(24)14-22-9-11-23(12-10-22)18-5-3-4-8-20-18/h3-8,13H,9-12,14H2,1-2H3,(H,21,24). The minimum Gasteiger partial charge on any atom is -0.493 e. The molecule has 3 rings (SSSR count). The van der Waals surface area contributed by atoms with Gasteiger partial charge in [0.15, 0.2) is 11.5 Å². The van der Waals surface area contributed by atoms with E-state index in [0.29, 0.717) is 23.7 Å². The van der Waals surface area contributed by atoms with E-state index >= 15 is 0 Å². The van der Waals surface area contributed by atoms with Crippen LogP contribution in [0, 0.1) is 0 Å². The molecule has 7 nitrogen and oxygen atoms in total. The van der Waals surface area contributed by atoms with Crippen molar-refractivity contribution in [3.8, 4) is 11.5 Å². The van der Waals surface area contributed by atoms with Crippen LogP contribution in [0.5, 0.6) is 11.5 Å². The second-order valence-electron chi connectivity index (χ2n) is 6.07. The summed E-state index contributed by atoms with van der Waals surface area (Å²) in [5.41, 5.74) is 0.694. The molecule has 1 aromatic carbocycles. The number of methoxy groups -OCH3 is 2. The lowest BCUT2D eigenvalue weighted by Gasteiger charge is -2.34. The molecule has 1 aromatic heterocycles. The van der Waals surface area contributed by atoms with Crippen LogP contribution >= 0.6 is 0 Å². The number of pyridine rings is 1. The van der Waals surface area contributed by atoms with Gasteiger partial charge in [0, 0.05) is 44.1 Å². The van der Waals surface area contributed by atoms with Crippen LogP contribution < -0.4 is 19.7 Å². The predicted octanol–water partition coefficient (Wildman–Crippen LogP) is 1.86. The van der Waals surface area contributed by atoms with E-state index in [1.54, 1.807) is 38.6 Å². The number of aromatic nitrogens is 1. The zero-order valence-corrected chi connectivity index (χ0v) is 15.1. The number of carbonyl (C=O) groups is 1. The smallest absolute Gasteiger partial charge is 0.238 e. The molecule has 1 saturated heterocycles. The van der Waals surface area contributed by atoms with E-state index < -0.39 is 0 Å². The lowest BCUT2D eigenvalue weighted by molar-refractivity contribution is -0.117. The Morgan fingerprint density at radius 3 is 2.50 bits per heavy atom. The normalized spacial score (nSPS) is 14.8. The SMILES string of the molecule is COc1ccc(NC(=O)CN2CCN(c3ccccn3)CC2)cc1OC. The van der Waals surface area contributed by atoms with Crippen molar-refractivity contribution >= 4 is 17.4 Å². The third kappa shape index (κ3) is 4.43. The van der Waals surface area contributed by atoms with Gasteiger partial charge < -0.3 is 19.7 Å². The van der Waals surface area contributed by atoms with Crippen molar-refractivity contribution in [1.82, 2.24) is 9.88 Å². The third-order valence-electron chi connectivity index (χ3n) is 4.38. The highest BCUT2D eigenvalue weighted by molar-refractivity contribution is 5.92. The Morgan fingerprint density at radius 1 is 1.08 bits per heavy atom. The molecule has 1 fully saturated rings. The van der Waals surface area contributed by atoms with Gasteiger partial charge in [-0.25, -0.2) is 4.98 Å². The van der Waals surface area contributed by atoms with Gasteiger partial charge in [0.1, 0.15) is 5.82 Å². The summed E-state index contributed by atoms with van der Waals surface area (Å²) in [6.07, 6.45) is 1.80. The zero-order chi connectivity index (χ0) is 18.4. The maximum atomic E-state index is 12.3. The number of ether oxygens (including phenoxy) is 2. The van der Waals surface area contributed by atoms with Crippen LogP contribution in [0.1, 0.15) is 0 Å².